The summed E-state index contributed by atoms with van der Waals surface area (Å²) in [5.74, 6) is 0.618. The van der Waals surface area contributed by atoms with Crippen LogP contribution in [0.25, 0.3) is 0 Å². The SMILES string of the molecule is C[C@H]1C[C@@H](C[Si](C)(C)C)O[C@@H]1COCc1ccccc1. The van der Waals surface area contributed by atoms with E-state index in [4.69, 9.17) is 9.47 Å². The van der Waals surface area contributed by atoms with E-state index < -0.39 is 8.07 Å². The standard InChI is InChI=1S/C17H28O2Si/c1-14-10-16(13-20(2,3)4)19-17(14)12-18-11-15-8-6-5-7-9-15/h5-9,14,16-17H,10-13H2,1-4H3/t14-,16-,17+/m0/s1. The fourth-order valence-corrected chi connectivity index (χ4v) is 4.52. The molecule has 0 aliphatic carbocycles. The van der Waals surface area contributed by atoms with E-state index in [1.165, 1.54) is 18.0 Å². The van der Waals surface area contributed by atoms with Gasteiger partial charge in [-0.3, -0.25) is 0 Å². The van der Waals surface area contributed by atoms with Gasteiger partial charge in [0.15, 0.2) is 0 Å². The first kappa shape index (κ1) is 15.7. The van der Waals surface area contributed by atoms with Crippen molar-refractivity contribution in [1.29, 1.82) is 0 Å². The van der Waals surface area contributed by atoms with E-state index in [-0.39, 0.29) is 6.10 Å². The third-order valence-electron chi connectivity index (χ3n) is 3.87. The fourth-order valence-electron chi connectivity index (χ4n) is 2.89. The smallest absolute Gasteiger partial charge is 0.0838 e. The Morgan fingerprint density at radius 3 is 2.55 bits per heavy atom. The van der Waals surface area contributed by atoms with Crippen molar-refractivity contribution in [2.24, 2.45) is 5.92 Å². The molecule has 1 aromatic carbocycles. The molecule has 1 fully saturated rings. The van der Waals surface area contributed by atoms with E-state index in [1.807, 2.05) is 6.07 Å². The Morgan fingerprint density at radius 2 is 1.90 bits per heavy atom. The summed E-state index contributed by atoms with van der Waals surface area (Å²) < 4.78 is 12.0. The van der Waals surface area contributed by atoms with Gasteiger partial charge in [-0.25, -0.2) is 0 Å². The number of hydrogen-bond donors (Lipinski definition) is 0. The quantitative estimate of drug-likeness (QED) is 0.726. The normalized spacial score (nSPS) is 26.9. The predicted molar refractivity (Wildman–Crippen MR) is 86.7 cm³/mol. The van der Waals surface area contributed by atoms with Crippen LogP contribution in [0.5, 0.6) is 0 Å². The van der Waals surface area contributed by atoms with Crippen LogP contribution in [-0.4, -0.2) is 26.9 Å². The van der Waals surface area contributed by atoms with E-state index >= 15 is 0 Å². The largest absolute Gasteiger partial charge is 0.374 e. The second-order valence-electron chi connectivity index (χ2n) is 7.28. The highest BCUT2D eigenvalue weighted by molar-refractivity contribution is 6.76. The van der Waals surface area contributed by atoms with Gasteiger partial charge in [-0.05, 0) is 23.9 Å². The number of ether oxygens (including phenoxy) is 2. The van der Waals surface area contributed by atoms with E-state index in [0.717, 1.165) is 6.61 Å². The molecule has 0 radical (unpaired) electrons. The summed E-state index contributed by atoms with van der Waals surface area (Å²) in [5, 5.41) is 0. The molecule has 0 amide bonds. The third kappa shape index (κ3) is 5.04. The molecule has 1 aliphatic rings. The number of benzene rings is 1. The van der Waals surface area contributed by atoms with Crippen molar-refractivity contribution in [3.05, 3.63) is 35.9 Å². The van der Waals surface area contributed by atoms with Crippen molar-refractivity contribution in [2.45, 2.75) is 57.8 Å². The zero-order chi connectivity index (χ0) is 14.6. The van der Waals surface area contributed by atoms with Gasteiger partial charge in [0.25, 0.3) is 0 Å². The molecule has 0 saturated carbocycles. The first-order chi connectivity index (χ1) is 9.44. The molecule has 0 aromatic heterocycles. The lowest BCUT2D eigenvalue weighted by Gasteiger charge is -2.21. The Kier molecular flexibility index (Phi) is 5.41. The average molecular weight is 292 g/mol. The first-order valence-corrected chi connectivity index (χ1v) is 11.4. The summed E-state index contributed by atoms with van der Waals surface area (Å²) in [4.78, 5) is 0. The molecule has 112 valence electrons. The Morgan fingerprint density at radius 1 is 1.20 bits per heavy atom. The van der Waals surface area contributed by atoms with Gasteiger partial charge in [-0.2, -0.15) is 0 Å². The number of rotatable bonds is 6. The average Bonchev–Trinajstić information content (AvgIpc) is 2.68. The summed E-state index contributed by atoms with van der Waals surface area (Å²) in [6.07, 6.45) is 1.94. The van der Waals surface area contributed by atoms with Crippen LogP contribution < -0.4 is 0 Å². The predicted octanol–water partition coefficient (Wildman–Crippen LogP) is 4.34. The van der Waals surface area contributed by atoms with Crippen LogP contribution in [0.4, 0.5) is 0 Å². The lowest BCUT2D eigenvalue weighted by Crippen LogP contribution is -2.27. The summed E-state index contributed by atoms with van der Waals surface area (Å²) in [7, 11) is -1.03. The molecule has 2 nitrogen and oxygen atoms in total. The minimum Gasteiger partial charge on any atom is -0.374 e. The van der Waals surface area contributed by atoms with Crippen LogP contribution in [0.1, 0.15) is 18.9 Å². The van der Waals surface area contributed by atoms with Crippen LogP contribution in [0.3, 0.4) is 0 Å². The maximum atomic E-state index is 6.20. The molecule has 20 heavy (non-hydrogen) atoms. The lowest BCUT2D eigenvalue weighted by molar-refractivity contribution is -0.0244. The van der Waals surface area contributed by atoms with Crippen molar-refractivity contribution in [2.75, 3.05) is 6.61 Å². The van der Waals surface area contributed by atoms with Gasteiger partial charge in [0.1, 0.15) is 0 Å². The molecule has 3 heteroatoms. The molecule has 2 rings (SSSR count). The van der Waals surface area contributed by atoms with Crippen LogP contribution in [0.15, 0.2) is 30.3 Å². The molecule has 1 saturated heterocycles. The third-order valence-corrected chi connectivity index (χ3v) is 5.55. The van der Waals surface area contributed by atoms with Gasteiger partial charge < -0.3 is 9.47 Å². The summed E-state index contributed by atoms with van der Waals surface area (Å²) >= 11 is 0. The van der Waals surface area contributed by atoms with Crippen molar-refractivity contribution >= 4 is 8.07 Å². The fraction of sp³-hybridized carbons (Fsp3) is 0.647. The molecule has 0 spiro atoms. The van der Waals surface area contributed by atoms with Crippen molar-refractivity contribution in [3.63, 3.8) is 0 Å². The Hall–Kier alpha value is -0.643. The molecular formula is C17H28O2Si. The molecule has 0 unspecified atom stereocenters. The zero-order valence-electron chi connectivity index (χ0n) is 13.3. The van der Waals surface area contributed by atoms with Crippen molar-refractivity contribution in [1.82, 2.24) is 0 Å². The molecule has 0 N–H and O–H groups in total. The van der Waals surface area contributed by atoms with Gasteiger partial charge >= 0.3 is 0 Å². The van der Waals surface area contributed by atoms with E-state index in [1.54, 1.807) is 0 Å². The molecule has 3 atom stereocenters. The van der Waals surface area contributed by atoms with E-state index in [0.29, 0.717) is 18.6 Å². The minimum absolute atomic E-state index is 0.278. The number of hydrogen-bond acceptors (Lipinski definition) is 2. The molecular weight excluding hydrogens is 264 g/mol. The summed E-state index contributed by atoms with van der Waals surface area (Å²) in [5.41, 5.74) is 1.23. The monoisotopic (exact) mass is 292 g/mol. The van der Waals surface area contributed by atoms with E-state index in [9.17, 15) is 0 Å². The van der Waals surface area contributed by atoms with Gasteiger partial charge in [-0.1, -0.05) is 56.9 Å². The Balaban J connectivity index is 1.74. The zero-order valence-corrected chi connectivity index (χ0v) is 14.3. The van der Waals surface area contributed by atoms with Crippen LogP contribution in [0.2, 0.25) is 25.7 Å². The van der Waals surface area contributed by atoms with Crippen LogP contribution in [0, 0.1) is 5.92 Å². The first-order valence-electron chi connectivity index (χ1n) is 7.71. The second kappa shape index (κ2) is 6.88. The second-order valence-corrected chi connectivity index (χ2v) is 12.8. The lowest BCUT2D eigenvalue weighted by atomic mass is 10.0. The highest BCUT2D eigenvalue weighted by Gasteiger charge is 2.34. The molecule has 1 heterocycles. The summed E-state index contributed by atoms with van der Waals surface area (Å²) in [6.45, 7) is 11.0. The van der Waals surface area contributed by atoms with Crippen LogP contribution >= 0.6 is 0 Å². The van der Waals surface area contributed by atoms with Crippen LogP contribution in [-0.2, 0) is 16.1 Å². The topological polar surface area (TPSA) is 18.5 Å². The Bertz CT molecular complexity index is 399. The van der Waals surface area contributed by atoms with Crippen molar-refractivity contribution in [3.8, 4) is 0 Å². The van der Waals surface area contributed by atoms with Gasteiger partial charge in [0.2, 0.25) is 0 Å². The van der Waals surface area contributed by atoms with Gasteiger partial charge in [0.05, 0.1) is 25.4 Å². The molecule has 0 bridgehead atoms. The maximum Gasteiger partial charge on any atom is 0.0838 e. The van der Waals surface area contributed by atoms with Gasteiger partial charge in [0, 0.05) is 8.07 Å². The maximum absolute atomic E-state index is 6.20. The Labute approximate surface area is 124 Å². The highest BCUT2D eigenvalue weighted by atomic mass is 28.3. The minimum atomic E-state index is -1.03. The molecule has 1 aliphatic heterocycles. The van der Waals surface area contributed by atoms with Gasteiger partial charge in [-0.15, -0.1) is 0 Å². The highest BCUT2D eigenvalue weighted by Crippen LogP contribution is 2.31. The van der Waals surface area contributed by atoms with Crippen molar-refractivity contribution < 1.29 is 9.47 Å². The summed E-state index contributed by atoms with van der Waals surface area (Å²) in [6, 6.07) is 11.6. The molecule has 1 aromatic rings. The van der Waals surface area contributed by atoms with E-state index in [2.05, 4.69) is 50.8 Å².